The number of ketones is 1. The van der Waals surface area contributed by atoms with Crippen molar-refractivity contribution >= 4 is 17.7 Å². The number of Topliss-reactive ketones (excluding diaryl/α,β-unsaturated/α-hetero) is 1. The molecule has 24 heavy (non-hydrogen) atoms. The van der Waals surface area contributed by atoms with E-state index in [-0.39, 0.29) is 5.56 Å². The molecule has 0 radical (unpaired) electrons. The molecule has 0 aliphatic carbocycles. The van der Waals surface area contributed by atoms with Gasteiger partial charge in [0.2, 0.25) is 0 Å². The van der Waals surface area contributed by atoms with E-state index in [2.05, 4.69) is 0 Å². The second-order valence-corrected chi connectivity index (χ2v) is 5.28. The molecule has 124 valence electrons. The molecule has 0 fully saturated rings. The van der Waals surface area contributed by atoms with Crippen LogP contribution in [0.15, 0.2) is 60.7 Å². The zero-order valence-electron chi connectivity index (χ0n) is 13.5. The lowest BCUT2D eigenvalue weighted by atomic mass is 10.1. The highest BCUT2D eigenvalue weighted by molar-refractivity contribution is 6.40. The fourth-order valence-corrected chi connectivity index (χ4v) is 1.93. The van der Waals surface area contributed by atoms with E-state index in [9.17, 15) is 14.4 Å². The van der Waals surface area contributed by atoms with Crippen LogP contribution in [0, 0.1) is 0 Å². The lowest BCUT2D eigenvalue weighted by Crippen LogP contribution is -2.33. The van der Waals surface area contributed by atoms with Gasteiger partial charge in [0.05, 0.1) is 5.56 Å². The molecule has 2 aromatic carbocycles. The SMILES string of the molecule is CC(OC(=O)C(=O)c1ccccc1)C(C)OC(=O)c1ccccc1. The monoisotopic (exact) mass is 326 g/mol. The van der Waals surface area contributed by atoms with Crippen molar-refractivity contribution in [2.45, 2.75) is 26.1 Å². The summed E-state index contributed by atoms with van der Waals surface area (Å²) in [6.45, 7) is 3.17. The molecule has 0 spiro atoms. The number of ether oxygens (including phenoxy) is 2. The predicted molar refractivity (Wildman–Crippen MR) is 87.6 cm³/mol. The van der Waals surface area contributed by atoms with E-state index in [4.69, 9.17) is 9.47 Å². The number of benzene rings is 2. The van der Waals surface area contributed by atoms with Crippen molar-refractivity contribution in [1.82, 2.24) is 0 Å². The van der Waals surface area contributed by atoms with Crippen molar-refractivity contribution in [2.24, 2.45) is 0 Å². The van der Waals surface area contributed by atoms with Crippen LogP contribution in [0.3, 0.4) is 0 Å². The summed E-state index contributed by atoms with van der Waals surface area (Å²) in [5.41, 5.74) is 0.659. The summed E-state index contributed by atoms with van der Waals surface area (Å²) in [5.74, 6) is -2.22. The average molecular weight is 326 g/mol. The molecule has 0 amide bonds. The predicted octanol–water partition coefficient (Wildman–Crippen LogP) is 3.05. The number of hydrogen-bond acceptors (Lipinski definition) is 5. The van der Waals surface area contributed by atoms with Crippen molar-refractivity contribution in [3.63, 3.8) is 0 Å². The van der Waals surface area contributed by atoms with Crippen LogP contribution in [0.2, 0.25) is 0 Å². The topological polar surface area (TPSA) is 69.7 Å². The van der Waals surface area contributed by atoms with Gasteiger partial charge in [-0.1, -0.05) is 48.5 Å². The highest BCUT2D eigenvalue weighted by Gasteiger charge is 2.25. The first kappa shape index (κ1) is 17.4. The minimum atomic E-state index is -0.976. The van der Waals surface area contributed by atoms with Gasteiger partial charge in [-0.15, -0.1) is 0 Å². The van der Waals surface area contributed by atoms with E-state index in [1.807, 2.05) is 0 Å². The van der Waals surface area contributed by atoms with E-state index in [0.29, 0.717) is 5.56 Å². The van der Waals surface area contributed by atoms with Crippen LogP contribution >= 0.6 is 0 Å². The van der Waals surface area contributed by atoms with Crippen LogP contribution in [-0.4, -0.2) is 29.9 Å². The Hall–Kier alpha value is -2.95. The molecule has 0 N–H and O–H groups in total. The van der Waals surface area contributed by atoms with Crippen LogP contribution in [0.4, 0.5) is 0 Å². The van der Waals surface area contributed by atoms with E-state index in [1.54, 1.807) is 62.4 Å². The Kier molecular flexibility index (Phi) is 5.84. The van der Waals surface area contributed by atoms with Gasteiger partial charge in [-0.3, -0.25) is 4.79 Å². The van der Waals surface area contributed by atoms with Crippen molar-refractivity contribution in [1.29, 1.82) is 0 Å². The Labute approximate surface area is 140 Å². The molecular formula is C19H18O5. The maximum atomic E-state index is 12.0. The molecular weight excluding hydrogens is 308 g/mol. The maximum Gasteiger partial charge on any atom is 0.380 e. The number of carbonyl (C=O) groups is 3. The quantitative estimate of drug-likeness (QED) is 0.463. The Bertz CT molecular complexity index is 709. The third kappa shape index (κ3) is 4.52. The molecule has 0 aliphatic rings. The first-order valence-corrected chi connectivity index (χ1v) is 7.55. The summed E-state index contributed by atoms with van der Waals surface area (Å²) in [6, 6.07) is 16.6. The zero-order chi connectivity index (χ0) is 17.5. The Morgan fingerprint density at radius 3 is 1.71 bits per heavy atom. The molecule has 2 unspecified atom stereocenters. The first-order valence-electron chi connectivity index (χ1n) is 7.55. The summed E-state index contributed by atoms with van der Waals surface area (Å²) in [6.07, 6.45) is -1.44. The van der Waals surface area contributed by atoms with E-state index < -0.39 is 29.9 Å². The van der Waals surface area contributed by atoms with Gasteiger partial charge in [0.1, 0.15) is 12.2 Å². The lowest BCUT2D eigenvalue weighted by molar-refractivity contribution is -0.147. The molecule has 0 aromatic heterocycles. The first-order chi connectivity index (χ1) is 11.5. The van der Waals surface area contributed by atoms with E-state index >= 15 is 0 Å². The van der Waals surface area contributed by atoms with Gasteiger partial charge in [0, 0.05) is 5.56 Å². The second-order valence-electron chi connectivity index (χ2n) is 5.28. The van der Waals surface area contributed by atoms with Gasteiger partial charge in [0.15, 0.2) is 0 Å². The highest BCUT2D eigenvalue weighted by Crippen LogP contribution is 2.10. The minimum Gasteiger partial charge on any atom is -0.455 e. The summed E-state index contributed by atoms with van der Waals surface area (Å²) in [4.78, 5) is 35.8. The van der Waals surface area contributed by atoms with E-state index in [0.717, 1.165) is 0 Å². The van der Waals surface area contributed by atoms with E-state index in [1.165, 1.54) is 12.1 Å². The number of carbonyl (C=O) groups excluding carboxylic acids is 3. The lowest BCUT2D eigenvalue weighted by Gasteiger charge is -2.20. The zero-order valence-corrected chi connectivity index (χ0v) is 13.5. The maximum absolute atomic E-state index is 12.0. The molecule has 0 bridgehead atoms. The third-order valence-electron chi connectivity index (χ3n) is 3.48. The molecule has 0 heterocycles. The number of hydrogen-bond donors (Lipinski definition) is 0. The summed E-state index contributed by atoms with van der Waals surface area (Å²) in [7, 11) is 0. The number of esters is 2. The summed E-state index contributed by atoms with van der Waals surface area (Å²) in [5, 5.41) is 0. The van der Waals surface area contributed by atoms with Crippen molar-refractivity contribution in [3.05, 3.63) is 71.8 Å². The summed E-state index contributed by atoms with van der Waals surface area (Å²) < 4.78 is 10.4. The van der Waals surface area contributed by atoms with Crippen LogP contribution < -0.4 is 0 Å². The highest BCUT2D eigenvalue weighted by atomic mass is 16.6. The van der Waals surface area contributed by atoms with Gasteiger partial charge in [-0.05, 0) is 26.0 Å². The largest absolute Gasteiger partial charge is 0.455 e. The minimum absolute atomic E-state index is 0.253. The third-order valence-corrected chi connectivity index (χ3v) is 3.48. The smallest absolute Gasteiger partial charge is 0.380 e. The molecule has 0 saturated carbocycles. The van der Waals surface area contributed by atoms with Gasteiger partial charge >= 0.3 is 11.9 Å². The molecule has 2 atom stereocenters. The molecule has 2 rings (SSSR count). The fourth-order valence-electron chi connectivity index (χ4n) is 1.93. The van der Waals surface area contributed by atoms with Crippen LogP contribution in [0.5, 0.6) is 0 Å². The van der Waals surface area contributed by atoms with Gasteiger partial charge in [-0.2, -0.15) is 0 Å². The van der Waals surface area contributed by atoms with Crippen LogP contribution in [0.1, 0.15) is 34.6 Å². The van der Waals surface area contributed by atoms with Gasteiger partial charge in [0.25, 0.3) is 5.78 Å². The number of rotatable bonds is 6. The van der Waals surface area contributed by atoms with Crippen LogP contribution in [0.25, 0.3) is 0 Å². The molecule has 2 aromatic rings. The van der Waals surface area contributed by atoms with Gasteiger partial charge in [-0.25, -0.2) is 9.59 Å². The molecule has 0 saturated heterocycles. The van der Waals surface area contributed by atoms with Crippen molar-refractivity contribution < 1.29 is 23.9 Å². The average Bonchev–Trinajstić information content (AvgIpc) is 2.62. The second kappa shape index (κ2) is 8.06. The van der Waals surface area contributed by atoms with Crippen molar-refractivity contribution in [3.8, 4) is 0 Å². The standard InChI is InChI=1S/C19H18O5/c1-13(23-18(21)16-11-7-4-8-12-16)14(2)24-19(22)17(20)15-9-5-3-6-10-15/h3-14H,1-2H3. The fraction of sp³-hybridized carbons (Fsp3) is 0.211. The Balaban J connectivity index is 1.91. The molecule has 5 nitrogen and oxygen atoms in total. The Morgan fingerprint density at radius 2 is 1.17 bits per heavy atom. The van der Waals surface area contributed by atoms with Crippen molar-refractivity contribution in [2.75, 3.05) is 0 Å². The Morgan fingerprint density at radius 1 is 0.708 bits per heavy atom. The summed E-state index contributed by atoms with van der Waals surface area (Å²) >= 11 is 0. The van der Waals surface area contributed by atoms with Crippen LogP contribution in [-0.2, 0) is 14.3 Å². The normalized spacial score (nSPS) is 12.8. The molecule has 0 aliphatic heterocycles. The van der Waals surface area contributed by atoms with Gasteiger partial charge < -0.3 is 9.47 Å². The molecule has 5 heteroatoms.